The van der Waals surface area contributed by atoms with Crippen LogP contribution in [0.15, 0.2) is 24.3 Å². The standard InChI is InChI=1S/C15H20ClNO3/c1-15(2,3)20-14(19)17-9-11(8-13(17)18)10-4-6-12(16)7-5-10/h4-7,11,13,18H,8-9H2,1-3H3/t11-,13?/m0/s1. The van der Waals surface area contributed by atoms with Crippen LogP contribution in [-0.2, 0) is 4.74 Å². The zero-order chi connectivity index (χ0) is 14.9. The Morgan fingerprint density at radius 2 is 1.95 bits per heavy atom. The van der Waals surface area contributed by atoms with Crippen LogP contribution in [0.1, 0.15) is 38.7 Å². The molecule has 0 radical (unpaired) electrons. The Morgan fingerprint density at radius 3 is 2.50 bits per heavy atom. The molecule has 1 aromatic carbocycles. The molecule has 110 valence electrons. The fourth-order valence-corrected chi connectivity index (χ4v) is 2.43. The molecular formula is C15H20ClNO3. The Balaban J connectivity index is 2.05. The van der Waals surface area contributed by atoms with Crippen LogP contribution in [0.4, 0.5) is 4.79 Å². The lowest BCUT2D eigenvalue weighted by atomic mass is 9.98. The summed E-state index contributed by atoms with van der Waals surface area (Å²) in [5.41, 5.74) is 0.509. The monoisotopic (exact) mass is 297 g/mol. The second-order valence-electron chi connectivity index (χ2n) is 6.10. The highest BCUT2D eigenvalue weighted by Gasteiger charge is 2.36. The molecule has 0 saturated carbocycles. The molecule has 1 saturated heterocycles. The Morgan fingerprint density at radius 1 is 1.35 bits per heavy atom. The predicted molar refractivity (Wildman–Crippen MR) is 77.8 cm³/mol. The molecule has 0 aromatic heterocycles. The Bertz CT molecular complexity index is 481. The van der Waals surface area contributed by atoms with Gasteiger partial charge in [0, 0.05) is 23.9 Å². The van der Waals surface area contributed by atoms with Gasteiger partial charge in [0.2, 0.25) is 0 Å². The first kappa shape index (κ1) is 15.1. The average molecular weight is 298 g/mol. The largest absolute Gasteiger partial charge is 0.444 e. The molecule has 0 aliphatic carbocycles. The number of rotatable bonds is 1. The van der Waals surface area contributed by atoms with Gasteiger partial charge in [-0.15, -0.1) is 0 Å². The van der Waals surface area contributed by atoms with Gasteiger partial charge in [-0.25, -0.2) is 4.79 Å². The number of amides is 1. The molecule has 2 rings (SSSR count). The first-order chi connectivity index (χ1) is 9.26. The van der Waals surface area contributed by atoms with Crippen molar-refractivity contribution >= 4 is 17.7 Å². The van der Waals surface area contributed by atoms with Crippen molar-refractivity contribution in [1.29, 1.82) is 0 Å². The van der Waals surface area contributed by atoms with Crippen LogP contribution >= 0.6 is 11.6 Å². The summed E-state index contributed by atoms with van der Waals surface area (Å²) in [4.78, 5) is 13.4. The Hall–Kier alpha value is -1.26. The first-order valence-corrected chi connectivity index (χ1v) is 7.07. The highest BCUT2D eigenvalue weighted by molar-refractivity contribution is 6.30. The van der Waals surface area contributed by atoms with Gasteiger partial charge in [0.15, 0.2) is 0 Å². The van der Waals surface area contributed by atoms with E-state index in [0.29, 0.717) is 18.0 Å². The fourth-order valence-electron chi connectivity index (χ4n) is 2.31. The molecule has 1 aliphatic rings. The van der Waals surface area contributed by atoms with Crippen molar-refractivity contribution in [3.63, 3.8) is 0 Å². The minimum absolute atomic E-state index is 0.106. The molecule has 1 aromatic rings. The van der Waals surface area contributed by atoms with Gasteiger partial charge in [-0.1, -0.05) is 23.7 Å². The summed E-state index contributed by atoms with van der Waals surface area (Å²) < 4.78 is 5.30. The van der Waals surface area contributed by atoms with Crippen LogP contribution in [0.25, 0.3) is 0 Å². The molecule has 1 aliphatic heterocycles. The van der Waals surface area contributed by atoms with Gasteiger partial charge < -0.3 is 9.84 Å². The molecule has 4 nitrogen and oxygen atoms in total. The number of ether oxygens (including phenoxy) is 1. The summed E-state index contributed by atoms with van der Waals surface area (Å²) in [5, 5.41) is 10.7. The maximum atomic E-state index is 12.0. The molecule has 2 atom stereocenters. The smallest absolute Gasteiger partial charge is 0.412 e. The topological polar surface area (TPSA) is 49.8 Å². The predicted octanol–water partition coefficient (Wildman–Crippen LogP) is 3.38. The number of aliphatic hydroxyl groups is 1. The minimum Gasteiger partial charge on any atom is -0.444 e. The molecule has 0 spiro atoms. The first-order valence-electron chi connectivity index (χ1n) is 6.69. The lowest BCUT2D eigenvalue weighted by Crippen LogP contribution is -2.39. The molecule has 5 heteroatoms. The van der Waals surface area contributed by atoms with Gasteiger partial charge in [-0.2, -0.15) is 0 Å². The van der Waals surface area contributed by atoms with Crippen molar-refractivity contribution in [1.82, 2.24) is 4.90 Å². The number of nitrogens with zero attached hydrogens (tertiary/aromatic N) is 1. The molecular weight excluding hydrogens is 278 g/mol. The number of likely N-dealkylation sites (tertiary alicyclic amines) is 1. The quantitative estimate of drug-likeness (QED) is 0.864. The average Bonchev–Trinajstić information content (AvgIpc) is 2.70. The maximum Gasteiger partial charge on any atom is 0.412 e. The van der Waals surface area contributed by atoms with E-state index in [1.165, 1.54) is 4.90 Å². The molecule has 1 heterocycles. The molecule has 0 bridgehead atoms. The molecule has 1 fully saturated rings. The normalized spacial score (nSPS) is 22.9. The van der Waals surface area contributed by atoms with Gasteiger partial charge in [0.25, 0.3) is 0 Å². The summed E-state index contributed by atoms with van der Waals surface area (Å²) in [5.74, 6) is 0.106. The Kier molecular flexibility index (Phi) is 4.25. The lowest BCUT2D eigenvalue weighted by molar-refractivity contribution is -0.0128. The van der Waals surface area contributed by atoms with Gasteiger partial charge in [-0.3, -0.25) is 4.90 Å². The second-order valence-corrected chi connectivity index (χ2v) is 6.53. The minimum atomic E-state index is -0.800. The van der Waals surface area contributed by atoms with Crippen molar-refractivity contribution in [2.45, 2.75) is 44.9 Å². The van der Waals surface area contributed by atoms with E-state index in [1.807, 2.05) is 45.0 Å². The van der Waals surface area contributed by atoms with Crippen LogP contribution in [0, 0.1) is 0 Å². The summed E-state index contributed by atoms with van der Waals surface area (Å²) in [6, 6.07) is 7.50. The highest BCUT2D eigenvalue weighted by atomic mass is 35.5. The SMILES string of the molecule is CC(C)(C)OC(=O)N1C[C@@H](c2ccc(Cl)cc2)CC1O. The van der Waals surface area contributed by atoms with Crippen molar-refractivity contribution in [3.05, 3.63) is 34.9 Å². The summed E-state index contributed by atoms with van der Waals surface area (Å²) in [7, 11) is 0. The second kappa shape index (κ2) is 5.62. The number of halogens is 1. The van der Waals surface area contributed by atoms with E-state index < -0.39 is 17.9 Å². The number of hydrogen-bond donors (Lipinski definition) is 1. The van der Waals surface area contributed by atoms with Crippen molar-refractivity contribution in [2.24, 2.45) is 0 Å². The van der Waals surface area contributed by atoms with E-state index in [0.717, 1.165) is 5.56 Å². The zero-order valence-corrected chi connectivity index (χ0v) is 12.7. The van der Waals surface area contributed by atoms with Gasteiger partial charge in [0.1, 0.15) is 11.8 Å². The number of benzene rings is 1. The van der Waals surface area contributed by atoms with Crippen LogP contribution in [0.2, 0.25) is 5.02 Å². The number of carbonyl (C=O) groups is 1. The van der Waals surface area contributed by atoms with E-state index in [2.05, 4.69) is 0 Å². The number of carbonyl (C=O) groups excluding carboxylic acids is 1. The molecule has 1 amide bonds. The van der Waals surface area contributed by atoms with E-state index in [1.54, 1.807) is 0 Å². The molecule has 1 unspecified atom stereocenters. The van der Waals surface area contributed by atoms with E-state index in [9.17, 15) is 9.90 Å². The van der Waals surface area contributed by atoms with Gasteiger partial charge in [-0.05, 0) is 38.5 Å². The van der Waals surface area contributed by atoms with E-state index in [4.69, 9.17) is 16.3 Å². The third-order valence-corrected chi connectivity index (χ3v) is 3.49. The maximum absolute atomic E-state index is 12.0. The lowest BCUT2D eigenvalue weighted by Gasteiger charge is -2.26. The van der Waals surface area contributed by atoms with E-state index in [-0.39, 0.29) is 5.92 Å². The van der Waals surface area contributed by atoms with Crippen LogP contribution in [0.3, 0.4) is 0 Å². The van der Waals surface area contributed by atoms with E-state index >= 15 is 0 Å². The summed E-state index contributed by atoms with van der Waals surface area (Å²) in [6.45, 7) is 5.88. The van der Waals surface area contributed by atoms with Gasteiger partial charge in [0.05, 0.1) is 0 Å². The van der Waals surface area contributed by atoms with Gasteiger partial charge >= 0.3 is 6.09 Å². The van der Waals surface area contributed by atoms with Crippen LogP contribution in [-0.4, -0.2) is 34.5 Å². The highest BCUT2D eigenvalue weighted by Crippen LogP contribution is 2.32. The van der Waals surface area contributed by atoms with Crippen molar-refractivity contribution in [2.75, 3.05) is 6.54 Å². The van der Waals surface area contributed by atoms with Crippen molar-refractivity contribution in [3.8, 4) is 0 Å². The third-order valence-electron chi connectivity index (χ3n) is 3.24. The van der Waals surface area contributed by atoms with Crippen LogP contribution < -0.4 is 0 Å². The number of aliphatic hydroxyl groups excluding tert-OH is 1. The van der Waals surface area contributed by atoms with Crippen LogP contribution in [0.5, 0.6) is 0 Å². The number of hydrogen-bond acceptors (Lipinski definition) is 3. The zero-order valence-electron chi connectivity index (χ0n) is 12.0. The fraction of sp³-hybridized carbons (Fsp3) is 0.533. The Labute approximate surface area is 124 Å². The van der Waals surface area contributed by atoms with Crippen molar-refractivity contribution < 1.29 is 14.6 Å². The summed E-state index contributed by atoms with van der Waals surface area (Å²) in [6.07, 6.45) is -0.757. The molecule has 1 N–H and O–H groups in total. The summed E-state index contributed by atoms with van der Waals surface area (Å²) >= 11 is 5.86. The third kappa shape index (κ3) is 3.64. The molecule has 20 heavy (non-hydrogen) atoms.